The van der Waals surface area contributed by atoms with E-state index in [2.05, 4.69) is 10.6 Å². The highest BCUT2D eigenvalue weighted by Crippen LogP contribution is 2.34. The number of carbonyl (C=O) groups excluding carboxylic acids is 3. The van der Waals surface area contributed by atoms with Crippen LogP contribution < -0.4 is 15.4 Å². The number of carbonyl (C=O) groups is 3. The van der Waals surface area contributed by atoms with Crippen LogP contribution in [-0.2, 0) is 23.5 Å². The van der Waals surface area contributed by atoms with Crippen molar-refractivity contribution >= 4 is 17.8 Å². The maximum absolute atomic E-state index is 14.7. The Balaban J connectivity index is 1.40. The largest absolute Gasteiger partial charge is 0.486 e. The molecule has 5 rings (SSSR count). The van der Waals surface area contributed by atoms with Crippen molar-refractivity contribution in [3.05, 3.63) is 101 Å². The summed E-state index contributed by atoms with van der Waals surface area (Å²) in [6, 6.07) is 16.2. The van der Waals surface area contributed by atoms with E-state index in [0.29, 0.717) is 11.1 Å². The molecule has 0 saturated carbocycles. The highest BCUT2D eigenvalue weighted by molar-refractivity contribution is 6.08. The third-order valence-corrected chi connectivity index (χ3v) is 5.98. The zero-order chi connectivity index (χ0) is 23.9. The van der Waals surface area contributed by atoms with Gasteiger partial charge in [0.1, 0.15) is 12.4 Å². The van der Waals surface area contributed by atoms with E-state index in [9.17, 15) is 23.2 Å². The maximum atomic E-state index is 14.7. The number of imide groups is 1. The SMILES string of the molecule is O=C1NC(=O)C(CN2Cc3cc(OCc4ccccc4)c(F)cc3C2=O)(c2ccc(F)cc2)N1. The van der Waals surface area contributed by atoms with E-state index >= 15 is 0 Å². The van der Waals surface area contributed by atoms with E-state index in [-0.39, 0.29) is 31.0 Å². The second kappa shape index (κ2) is 8.26. The van der Waals surface area contributed by atoms with Crippen LogP contribution in [0.5, 0.6) is 5.75 Å². The van der Waals surface area contributed by atoms with Crippen LogP contribution in [0, 0.1) is 11.6 Å². The van der Waals surface area contributed by atoms with Gasteiger partial charge in [0, 0.05) is 12.1 Å². The minimum Gasteiger partial charge on any atom is -0.486 e. The van der Waals surface area contributed by atoms with Crippen LogP contribution in [0.2, 0.25) is 0 Å². The van der Waals surface area contributed by atoms with Gasteiger partial charge >= 0.3 is 6.03 Å². The van der Waals surface area contributed by atoms with Gasteiger partial charge in [-0.1, -0.05) is 42.5 Å². The predicted molar refractivity (Wildman–Crippen MR) is 117 cm³/mol. The van der Waals surface area contributed by atoms with E-state index < -0.39 is 35.0 Å². The fourth-order valence-electron chi connectivity index (χ4n) is 4.27. The average molecular weight is 463 g/mol. The van der Waals surface area contributed by atoms with Crippen molar-refractivity contribution in [2.24, 2.45) is 0 Å². The van der Waals surface area contributed by atoms with Crippen molar-refractivity contribution in [1.29, 1.82) is 0 Å². The van der Waals surface area contributed by atoms with Gasteiger partial charge in [-0.3, -0.25) is 14.9 Å². The van der Waals surface area contributed by atoms with Crippen molar-refractivity contribution in [1.82, 2.24) is 15.5 Å². The first kappa shape index (κ1) is 21.6. The minimum absolute atomic E-state index is 0.0115. The number of ether oxygens (including phenoxy) is 1. The number of benzene rings is 3. The number of nitrogens with one attached hydrogen (secondary N) is 2. The van der Waals surface area contributed by atoms with Crippen molar-refractivity contribution in [3.63, 3.8) is 0 Å². The highest BCUT2D eigenvalue weighted by Gasteiger charge is 2.50. The van der Waals surface area contributed by atoms with Gasteiger partial charge in [0.25, 0.3) is 11.8 Å². The quantitative estimate of drug-likeness (QED) is 0.550. The summed E-state index contributed by atoms with van der Waals surface area (Å²) in [5, 5.41) is 4.75. The molecule has 2 aliphatic rings. The van der Waals surface area contributed by atoms with Gasteiger partial charge in [-0.05, 0) is 41.0 Å². The Morgan fingerprint density at radius 2 is 1.71 bits per heavy atom. The molecule has 0 aliphatic carbocycles. The van der Waals surface area contributed by atoms with E-state index in [0.717, 1.165) is 11.6 Å². The van der Waals surface area contributed by atoms with Gasteiger partial charge in [-0.2, -0.15) is 0 Å². The standard InChI is InChI=1S/C25H19F2N3O4/c26-18-8-6-17(7-9-18)25(23(32)28-24(33)29-25)14-30-12-16-10-21(20(27)11-19(16)22(30)31)34-13-15-4-2-1-3-5-15/h1-11H,12-14H2,(H2,28,29,32,33). The van der Waals surface area contributed by atoms with E-state index in [1.165, 1.54) is 35.2 Å². The molecule has 172 valence electrons. The molecule has 0 spiro atoms. The molecule has 0 bridgehead atoms. The predicted octanol–water partition coefficient (Wildman–Crippen LogP) is 3.23. The van der Waals surface area contributed by atoms with Crippen LogP contribution >= 0.6 is 0 Å². The molecule has 1 unspecified atom stereocenters. The van der Waals surface area contributed by atoms with Crippen LogP contribution in [0.25, 0.3) is 0 Å². The zero-order valence-electron chi connectivity index (χ0n) is 17.8. The summed E-state index contributed by atoms with van der Waals surface area (Å²) in [5.74, 6) is -2.32. The molecule has 1 atom stereocenters. The molecule has 9 heteroatoms. The maximum Gasteiger partial charge on any atom is 0.322 e. The fraction of sp³-hybridized carbons (Fsp3) is 0.160. The number of hydrogen-bond acceptors (Lipinski definition) is 4. The number of rotatable bonds is 6. The molecule has 2 N–H and O–H groups in total. The van der Waals surface area contributed by atoms with E-state index in [1.54, 1.807) is 0 Å². The summed E-state index contributed by atoms with van der Waals surface area (Å²) in [7, 11) is 0. The van der Waals surface area contributed by atoms with Crippen molar-refractivity contribution < 1.29 is 27.9 Å². The van der Waals surface area contributed by atoms with Crippen LogP contribution in [0.3, 0.4) is 0 Å². The lowest BCUT2D eigenvalue weighted by Crippen LogP contribution is -2.52. The van der Waals surface area contributed by atoms with Gasteiger partial charge in [0.2, 0.25) is 0 Å². The monoisotopic (exact) mass is 463 g/mol. The molecular weight excluding hydrogens is 444 g/mol. The number of urea groups is 1. The van der Waals surface area contributed by atoms with Crippen molar-refractivity contribution in [3.8, 4) is 5.75 Å². The van der Waals surface area contributed by atoms with Crippen LogP contribution in [0.4, 0.5) is 13.6 Å². The van der Waals surface area contributed by atoms with Gasteiger partial charge in [-0.15, -0.1) is 0 Å². The lowest BCUT2D eigenvalue weighted by atomic mass is 9.89. The molecule has 34 heavy (non-hydrogen) atoms. The Kier molecular flexibility index (Phi) is 5.24. The molecule has 3 aromatic rings. The van der Waals surface area contributed by atoms with Crippen LogP contribution in [0.1, 0.15) is 27.0 Å². The number of halogens is 2. The number of hydrogen-bond donors (Lipinski definition) is 2. The molecular formula is C25H19F2N3O4. The van der Waals surface area contributed by atoms with E-state index in [1.807, 2.05) is 30.3 Å². The Labute approximate surface area is 193 Å². The van der Waals surface area contributed by atoms with Gasteiger partial charge in [-0.25, -0.2) is 13.6 Å². The Hall–Kier alpha value is -4.27. The van der Waals surface area contributed by atoms with Gasteiger partial charge < -0.3 is 15.0 Å². The minimum atomic E-state index is -1.60. The normalized spacial score (nSPS) is 19.1. The average Bonchev–Trinajstić information content (AvgIpc) is 3.28. The molecule has 1 saturated heterocycles. The summed E-state index contributed by atoms with van der Waals surface area (Å²) >= 11 is 0. The first-order valence-electron chi connectivity index (χ1n) is 10.5. The summed E-state index contributed by atoms with van der Waals surface area (Å²) in [5.41, 5.74) is 0.272. The zero-order valence-corrected chi connectivity index (χ0v) is 17.8. The highest BCUT2D eigenvalue weighted by atomic mass is 19.1. The topological polar surface area (TPSA) is 87.7 Å². The number of fused-ring (bicyclic) bond motifs is 1. The molecule has 7 nitrogen and oxygen atoms in total. The third-order valence-electron chi connectivity index (χ3n) is 5.98. The Bertz CT molecular complexity index is 1300. The Morgan fingerprint density at radius 1 is 0.971 bits per heavy atom. The second-order valence-corrected chi connectivity index (χ2v) is 8.20. The smallest absolute Gasteiger partial charge is 0.322 e. The summed E-state index contributed by atoms with van der Waals surface area (Å²) in [4.78, 5) is 39.2. The molecule has 4 amide bonds. The Morgan fingerprint density at radius 3 is 2.38 bits per heavy atom. The van der Waals surface area contributed by atoms with Crippen molar-refractivity contribution in [2.75, 3.05) is 6.54 Å². The lowest BCUT2D eigenvalue weighted by molar-refractivity contribution is -0.124. The molecule has 2 heterocycles. The lowest BCUT2D eigenvalue weighted by Gasteiger charge is -2.31. The second-order valence-electron chi connectivity index (χ2n) is 8.20. The van der Waals surface area contributed by atoms with Gasteiger partial charge in [0.05, 0.1) is 6.54 Å². The van der Waals surface area contributed by atoms with Gasteiger partial charge in [0.15, 0.2) is 17.1 Å². The van der Waals surface area contributed by atoms with Crippen molar-refractivity contribution in [2.45, 2.75) is 18.7 Å². The molecule has 0 radical (unpaired) electrons. The fourth-order valence-corrected chi connectivity index (χ4v) is 4.27. The van der Waals surface area contributed by atoms with Crippen LogP contribution in [0.15, 0.2) is 66.7 Å². The number of amides is 4. The summed E-state index contributed by atoms with van der Waals surface area (Å²) in [6.07, 6.45) is 0. The number of nitrogens with zero attached hydrogens (tertiary/aromatic N) is 1. The first-order valence-corrected chi connectivity index (χ1v) is 10.5. The molecule has 1 fully saturated rings. The summed E-state index contributed by atoms with van der Waals surface area (Å²) in [6.45, 7) is 0.0296. The van der Waals surface area contributed by atoms with Crippen LogP contribution in [-0.4, -0.2) is 29.3 Å². The third kappa shape index (κ3) is 3.75. The van der Waals surface area contributed by atoms with E-state index in [4.69, 9.17) is 4.74 Å². The summed E-state index contributed by atoms with van der Waals surface area (Å²) < 4.78 is 33.8. The molecule has 3 aromatic carbocycles. The first-order chi connectivity index (χ1) is 16.4. The molecule has 2 aliphatic heterocycles. The molecule has 0 aromatic heterocycles.